The van der Waals surface area contributed by atoms with E-state index in [1.165, 1.54) is 0 Å². The van der Waals surface area contributed by atoms with Crippen molar-refractivity contribution in [1.29, 1.82) is 0 Å². The molecule has 0 saturated carbocycles. The van der Waals surface area contributed by atoms with Crippen molar-refractivity contribution < 1.29 is 9.47 Å². The summed E-state index contributed by atoms with van der Waals surface area (Å²) in [7, 11) is 0. The van der Waals surface area contributed by atoms with Gasteiger partial charge in [0, 0.05) is 6.42 Å². The molecule has 0 aliphatic rings. The topological polar surface area (TPSA) is 18.5 Å². The van der Waals surface area contributed by atoms with E-state index in [0.717, 1.165) is 17.9 Å². The molecule has 2 aromatic carbocycles. The molecule has 0 aliphatic heterocycles. The highest BCUT2D eigenvalue weighted by Crippen LogP contribution is 2.17. The van der Waals surface area contributed by atoms with Crippen LogP contribution in [0.3, 0.4) is 0 Å². The number of hydrogen-bond donors (Lipinski definition) is 0. The molecule has 0 amide bonds. The summed E-state index contributed by atoms with van der Waals surface area (Å²) in [6, 6.07) is 19.4. The Hall–Kier alpha value is -1.96. The monoisotopic (exact) mass is 241 g/mol. The summed E-state index contributed by atoms with van der Waals surface area (Å²) in [6.07, 6.45) is 2.49. The van der Waals surface area contributed by atoms with Crippen LogP contribution in [0.15, 0.2) is 60.7 Å². The molecule has 0 fully saturated rings. The maximum atomic E-state index is 5.81. The Bertz CT molecular complexity index is 398. The van der Waals surface area contributed by atoms with Gasteiger partial charge < -0.3 is 9.47 Å². The summed E-state index contributed by atoms with van der Waals surface area (Å²) >= 11 is 0. The molecule has 93 valence electrons. The first-order chi connectivity index (χ1) is 8.88. The van der Waals surface area contributed by atoms with E-state index in [1.807, 2.05) is 74.0 Å². The molecule has 2 aromatic rings. The van der Waals surface area contributed by atoms with Crippen LogP contribution in [0.4, 0.5) is 0 Å². The minimum absolute atomic E-state index is 0.292. The van der Waals surface area contributed by atoms with Crippen LogP contribution in [0.1, 0.15) is 13.3 Å². The third-order valence-electron chi connectivity index (χ3n) is 2.45. The molecule has 0 bridgehead atoms. The van der Waals surface area contributed by atoms with Crippen molar-refractivity contribution in [2.75, 3.05) is 0 Å². The molecule has 2 nitrogen and oxygen atoms in total. The minimum atomic E-state index is -0.292. The number of hydrogen-bond acceptors (Lipinski definition) is 2. The molecule has 0 aromatic heterocycles. The van der Waals surface area contributed by atoms with Gasteiger partial charge in [-0.1, -0.05) is 43.3 Å². The highest BCUT2D eigenvalue weighted by atomic mass is 16.7. The Balaban J connectivity index is 2.00. The van der Waals surface area contributed by atoms with Gasteiger partial charge in [-0.25, -0.2) is 0 Å². The van der Waals surface area contributed by atoms with Crippen molar-refractivity contribution >= 4 is 0 Å². The molecule has 0 N–H and O–H groups in total. The van der Waals surface area contributed by atoms with Crippen LogP contribution in [0.25, 0.3) is 0 Å². The third-order valence-corrected chi connectivity index (χ3v) is 2.45. The van der Waals surface area contributed by atoms with Gasteiger partial charge in [0.2, 0.25) is 6.29 Å². The smallest absolute Gasteiger partial charge is 0.241 e. The van der Waals surface area contributed by atoms with Crippen LogP contribution in [0.2, 0.25) is 0 Å². The van der Waals surface area contributed by atoms with Gasteiger partial charge in [0.1, 0.15) is 11.5 Å². The summed E-state index contributed by atoms with van der Waals surface area (Å²) in [5.74, 6) is 1.64. The van der Waals surface area contributed by atoms with Gasteiger partial charge in [-0.3, -0.25) is 0 Å². The fraction of sp³-hybridized carbons (Fsp3) is 0.188. The van der Waals surface area contributed by atoms with E-state index in [2.05, 4.69) is 0 Å². The van der Waals surface area contributed by atoms with E-state index >= 15 is 0 Å². The van der Waals surface area contributed by atoms with Crippen molar-refractivity contribution in [3.8, 4) is 11.5 Å². The Labute approximate surface area is 108 Å². The van der Waals surface area contributed by atoms with Crippen LogP contribution < -0.4 is 9.47 Å². The SMILES string of the molecule is C[CH]CC(Oc1ccccc1)Oc1ccccc1. The lowest BCUT2D eigenvalue weighted by Crippen LogP contribution is -2.23. The van der Waals surface area contributed by atoms with E-state index in [4.69, 9.17) is 9.47 Å². The Morgan fingerprint density at radius 3 is 1.67 bits per heavy atom. The fourth-order valence-corrected chi connectivity index (χ4v) is 1.61. The lowest BCUT2D eigenvalue weighted by atomic mass is 10.3. The largest absolute Gasteiger partial charge is 0.455 e. The van der Waals surface area contributed by atoms with Gasteiger partial charge in [0.05, 0.1) is 0 Å². The predicted octanol–water partition coefficient (Wildman–Crippen LogP) is 4.08. The van der Waals surface area contributed by atoms with E-state index < -0.39 is 0 Å². The first-order valence-electron chi connectivity index (χ1n) is 6.09. The molecule has 2 heteroatoms. The zero-order chi connectivity index (χ0) is 12.6. The molecule has 2 rings (SSSR count). The third kappa shape index (κ3) is 3.81. The second-order valence-electron chi connectivity index (χ2n) is 3.94. The van der Waals surface area contributed by atoms with Crippen molar-refractivity contribution in [3.63, 3.8) is 0 Å². The first kappa shape index (κ1) is 12.5. The van der Waals surface area contributed by atoms with Crippen LogP contribution >= 0.6 is 0 Å². The molecule has 0 spiro atoms. The summed E-state index contributed by atoms with van der Waals surface area (Å²) in [5.41, 5.74) is 0. The van der Waals surface area contributed by atoms with Gasteiger partial charge >= 0.3 is 0 Å². The van der Waals surface area contributed by atoms with Gasteiger partial charge in [-0.05, 0) is 30.7 Å². The predicted molar refractivity (Wildman–Crippen MR) is 72.5 cm³/mol. The van der Waals surface area contributed by atoms with Crippen LogP contribution in [0.5, 0.6) is 11.5 Å². The quantitative estimate of drug-likeness (QED) is 0.709. The molecule has 0 aliphatic carbocycles. The Kier molecular flexibility index (Phi) is 4.65. The van der Waals surface area contributed by atoms with E-state index in [-0.39, 0.29) is 6.29 Å². The van der Waals surface area contributed by atoms with Crippen molar-refractivity contribution in [3.05, 3.63) is 67.1 Å². The molecule has 0 heterocycles. The Morgan fingerprint density at radius 1 is 0.833 bits per heavy atom. The van der Waals surface area contributed by atoms with Crippen molar-refractivity contribution in [2.24, 2.45) is 0 Å². The normalized spacial score (nSPS) is 10.3. The molecule has 18 heavy (non-hydrogen) atoms. The maximum Gasteiger partial charge on any atom is 0.241 e. The fourth-order valence-electron chi connectivity index (χ4n) is 1.61. The number of ether oxygens (including phenoxy) is 2. The van der Waals surface area contributed by atoms with Gasteiger partial charge in [0.15, 0.2) is 0 Å². The molecule has 0 saturated heterocycles. The summed E-state index contributed by atoms with van der Waals surface area (Å²) in [4.78, 5) is 0. The standard InChI is InChI=1S/C16H17O2/c1-2-9-16(17-14-10-5-3-6-11-14)18-15-12-7-4-8-13-15/h2-8,10-13,16H,9H2,1H3. The zero-order valence-corrected chi connectivity index (χ0v) is 10.5. The molecule has 0 atom stereocenters. The van der Waals surface area contributed by atoms with Crippen LogP contribution in [-0.2, 0) is 0 Å². The van der Waals surface area contributed by atoms with E-state index in [9.17, 15) is 0 Å². The highest BCUT2D eigenvalue weighted by molar-refractivity contribution is 5.23. The lowest BCUT2D eigenvalue weighted by Gasteiger charge is -2.19. The zero-order valence-electron chi connectivity index (χ0n) is 10.5. The van der Waals surface area contributed by atoms with Gasteiger partial charge in [-0.15, -0.1) is 0 Å². The van der Waals surface area contributed by atoms with E-state index in [1.54, 1.807) is 0 Å². The highest BCUT2D eigenvalue weighted by Gasteiger charge is 2.10. The minimum Gasteiger partial charge on any atom is -0.455 e. The van der Waals surface area contributed by atoms with Crippen molar-refractivity contribution in [1.82, 2.24) is 0 Å². The Morgan fingerprint density at radius 2 is 1.28 bits per heavy atom. The molecule has 1 radical (unpaired) electrons. The molecular weight excluding hydrogens is 224 g/mol. The summed E-state index contributed by atoms with van der Waals surface area (Å²) in [6.45, 7) is 2.00. The summed E-state index contributed by atoms with van der Waals surface area (Å²) in [5, 5.41) is 0. The lowest BCUT2D eigenvalue weighted by molar-refractivity contribution is 0.00598. The second kappa shape index (κ2) is 6.70. The number of benzene rings is 2. The molecular formula is C16H17O2. The van der Waals surface area contributed by atoms with Crippen molar-refractivity contribution in [2.45, 2.75) is 19.6 Å². The van der Waals surface area contributed by atoms with Gasteiger partial charge in [0.25, 0.3) is 0 Å². The van der Waals surface area contributed by atoms with Crippen LogP contribution in [0, 0.1) is 6.42 Å². The second-order valence-corrected chi connectivity index (χ2v) is 3.94. The number of rotatable bonds is 6. The van der Waals surface area contributed by atoms with Gasteiger partial charge in [-0.2, -0.15) is 0 Å². The average molecular weight is 241 g/mol. The molecule has 0 unspecified atom stereocenters. The first-order valence-corrected chi connectivity index (χ1v) is 6.09. The van der Waals surface area contributed by atoms with Crippen LogP contribution in [-0.4, -0.2) is 6.29 Å². The summed E-state index contributed by atoms with van der Waals surface area (Å²) < 4.78 is 11.6. The maximum absolute atomic E-state index is 5.81. The number of para-hydroxylation sites is 2. The van der Waals surface area contributed by atoms with E-state index in [0.29, 0.717) is 0 Å². The average Bonchev–Trinajstić information content (AvgIpc) is 2.41.